The molecule has 0 aromatic carbocycles. The van der Waals surface area contributed by atoms with Crippen LogP contribution in [0.4, 0.5) is 8.78 Å². The summed E-state index contributed by atoms with van der Waals surface area (Å²) in [5.74, 6) is 0.0934. The zero-order valence-corrected chi connectivity index (χ0v) is 11.4. The number of halogens is 2. The first-order valence-corrected chi connectivity index (χ1v) is 6.76. The number of ether oxygens (including phenoxy) is 1. The summed E-state index contributed by atoms with van der Waals surface area (Å²) < 4.78 is 31.5. The van der Waals surface area contributed by atoms with Crippen LogP contribution < -0.4 is 5.32 Å². The Morgan fingerprint density at radius 3 is 3.05 bits per heavy atom. The lowest BCUT2D eigenvalue weighted by Gasteiger charge is -2.21. The summed E-state index contributed by atoms with van der Waals surface area (Å²) in [5, 5.41) is 6.35. The minimum atomic E-state index is -2.66. The first kappa shape index (κ1) is 14.9. The summed E-state index contributed by atoms with van der Waals surface area (Å²) in [6.07, 6.45) is 0.336. The van der Waals surface area contributed by atoms with Crippen LogP contribution in [0, 0.1) is 5.92 Å². The van der Waals surface area contributed by atoms with E-state index in [-0.39, 0.29) is 17.3 Å². The molecule has 0 unspecified atom stereocenters. The molecule has 1 aliphatic rings. The van der Waals surface area contributed by atoms with Gasteiger partial charge < -0.3 is 10.1 Å². The molecule has 0 spiro atoms. The predicted molar refractivity (Wildman–Crippen MR) is 68.7 cm³/mol. The molecule has 1 aromatic rings. The summed E-state index contributed by atoms with van der Waals surface area (Å²) in [4.78, 5) is 11.9. The number of aryl methyl sites for hydroxylation is 1. The Balaban J connectivity index is 1.82. The molecule has 5 nitrogen and oxygen atoms in total. The van der Waals surface area contributed by atoms with Crippen LogP contribution in [-0.2, 0) is 11.8 Å². The third-order valence-electron chi connectivity index (χ3n) is 3.45. The Labute approximate surface area is 116 Å². The van der Waals surface area contributed by atoms with Gasteiger partial charge in [0.05, 0.1) is 0 Å². The first-order chi connectivity index (χ1) is 9.58. The van der Waals surface area contributed by atoms with E-state index in [1.54, 1.807) is 0 Å². The lowest BCUT2D eigenvalue weighted by molar-refractivity contribution is 0.0514. The molecule has 2 rings (SSSR count). The van der Waals surface area contributed by atoms with Gasteiger partial charge in [-0.3, -0.25) is 9.48 Å². The van der Waals surface area contributed by atoms with Crippen molar-refractivity contribution in [2.75, 3.05) is 19.8 Å². The number of rotatable bonds is 5. The van der Waals surface area contributed by atoms with E-state index in [0.29, 0.717) is 12.5 Å². The monoisotopic (exact) mass is 287 g/mol. The highest BCUT2D eigenvalue weighted by molar-refractivity contribution is 5.92. The van der Waals surface area contributed by atoms with Gasteiger partial charge in [-0.15, -0.1) is 0 Å². The second-order valence-electron chi connectivity index (χ2n) is 5.01. The maximum atomic E-state index is 12.5. The Kier molecular flexibility index (Phi) is 5.05. The van der Waals surface area contributed by atoms with Crippen molar-refractivity contribution in [3.63, 3.8) is 0 Å². The van der Waals surface area contributed by atoms with Gasteiger partial charge in [0.15, 0.2) is 0 Å². The average molecular weight is 287 g/mol. The number of amides is 1. The Morgan fingerprint density at radius 2 is 2.45 bits per heavy atom. The van der Waals surface area contributed by atoms with E-state index < -0.39 is 6.43 Å². The molecule has 1 saturated heterocycles. The number of carbonyl (C=O) groups is 1. The molecular formula is C13H19F2N3O2. The molecule has 1 N–H and O–H groups in total. The number of nitrogens with one attached hydrogen (secondary N) is 1. The number of alkyl halides is 2. The summed E-state index contributed by atoms with van der Waals surface area (Å²) >= 11 is 0. The number of hydrogen-bond acceptors (Lipinski definition) is 3. The normalized spacial score (nSPS) is 19.3. The van der Waals surface area contributed by atoms with Crippen molar-refractivity contribution < 1.29 is 18.3 Å². The summed E-state index contributed by atoms with van der Waals surface area (Å²) in [7, 11) is 1.48. The fraction of sp³-hybridized carbons (Fsp3) is 0.692. The lowest BCUT2D eigenvalue weighted by atomic mass is 9.99. The van der Waals surface area contributed by atoms with Gasteiger partial charge in [-0.1, -0.05) is 0 Å². The number of nitrogens with zero attached hydrogens (tertiary/aromatic N) is 2. The van der Waals surface area contributed by atoms with E-state index in [0.717, 1.165) is 38.5 Å². The summed E-state index contributed by atoms with van der Waals surface area (Å²) in [6.45, 7) is 2.06. The highest BCUT2D eigenvalue weighted by Gasteiger charge is 2.19. The first-order valence-electron chi connectivity index (χ1n) is 6.76. The molecule has 20 heavy (non-hydrogen) atoms. The van der Waals surface area contributed by atoms with Crippen LogP contribution in [0.3, 0.4) is 0 Å². The topological polar surface area (TPSA) is 56.2 Å². The van der Waals surface area contributed by atoms with Gasteiger partial charge >= 0.3 is 0 Å². The third-order valence-corrected chi connectivity index (χ3v) is 3.45. The number of hydrogen-bond donors (Lipinski definition) is 1. The maximum Gasteiger partial charge on any atom is 0.282 e. The van der Waals surface area contributed by atoms with Gasteiger partial charge in [-0.05, 0) is 31.2 Å². The van der Waals surface area contributed by atoms with Crippen LogP contribution in [0.15, 0.2) is 6.07 Å². The Hall–Kier alpha value is -1.50. The summed E-state index contributed by atoms with van der Waals surface area (Å²) in [6, 6.07) is 1.13. The highest BCUT2D eigenvalue weighted by atomic mass is 19.3. The van der Waals surface area contributed by atoms with Crippen LogP contribution >= 0.6 is 0 Å². The van der Waals surface area contributed by atoms with E-state index in [2.05, 4.69) is 10.4 Å². The van der Waals surface area contributed by atoms with E-state index in [1.807, 2.05) is 0 Å². The van der Waals surface area contributed by atoms with Crippen LogP contribution in [0.5, 0.6) is 0 Å². The molecule has 0 aliphatic carbocycles. The van der Waals surface area contributed by atoms with Crippen LogP contribution in [0.25, 0.3) is 0 Å². The number of carbonyl (C=O) groups excluding carboxylic acids is 1. The van der Waals surface area contributed by atoms with Crippen molar-refractivity contribution in [2.45, 2.75) is 25.7 Å². The Morgan fingerprint density at radius 1 is 1.65 bits per heavy atom. The standard InChI is InChI=1S/C13H19F2N3O2/c1-18-11(7-10(17-18)12(14)15)13(19)16-5-4-9-3-2-6-20-8-9/h7,9,12H,2-6,8H2,1H3,(H,16,19)/t9-/m1/s1. The average Bonchev–Trinajstić information content (AvgIpc) is 2.82. The molecular weight excluding hydrogens is 268 g/mol. The number of aromatic nitrogens is 2. The molecule has 2 heterocycles. The molecule has 0 saturated carbocycles. The van der Waals surface area contributed by atoms with Gasteiger partial charge in [0.2, 0.25) is 0 Å². The third kappa shape index (κ3) is 3.75. The van der Waals surface area contributed by atoms with E-state index in [9.17, 15) is 13.6 Å². The highest BCUT2D eigenvalue weighted by Crippen LogP contribution is 2.18. The minimum absolute atomic E-state index is 0.153. The molecule has 1 fully saturated rings. The molecule has 0 radical (unpaired) electrons. The molecule has 1 amide bonds. The van der Waals surface area contributed by atoms with E-state index >= 15 is 0 Å². The predicted octanol–water partition coefficient (Wildman–Crippen LogP) is 1.90. The van der Waals surface area contributed by atoms with Crippen molar-refractivity contribution in [1.82, 2.24) is 15.1 Å². The van der Waals surface area contributed by atoms with Crippen molar-refractivity contribution >= 4 is 5.91 Å². The molecule has 0 bridgehead atoms. The van der Waals surface area contributed by atoms with Gasteiger partial charge in [0, 0.05) is 26.8 Å². The van der Waals surface area contributed by atoms with Crippen LogP contribution in [-0.4, -0.2) is 35.4 Å². The minimum Gasteiger partial charge on any atom is -0.381 e. The molecule has 1 aliphatic heterocycles. The SMILES string of the molecule is Cn1nc(C(F)F)cc1C(=O)NCC[C@H]1CCCOC1. The molecule has 112 valence electrons. The van der Waals surface area contributed by atoms with Crippen molar-refractivity contribution in [3.05, 3.63) is 17.5 Å². The van der Waals surface area contributed by atoms with Gasteiger partial charge in [-0.25, -0.2) is 8.78 Å². The van der Waals surface area contributed by atoms with Crippen LogP contribution in [0.2, 0.25) is 0 Å². The van der Waals surface area contributed by atoms with E-state index in [1.165, 1.54) is 11.7 Å². The molecule has 7 heteroatoms. The van der Waals surface area contributed by atoms with E-state index in [4.69, 9.17) is 4.74 Å². The maximum absolute atomic E-state index is 12.5. The molecule has 1 aromatic heterocycles. The van der Waals surface area contributed by atoms with Crippen molar-refractivity contribution in [2.24, 2.45) is 13.0 Å². The van der Waals surface area contributed by atoms with Crippen molar-refractivity contribution in [1.29, 1.82) is 0 Å². The zero-order chi connectivity index (χ0) is 14.5. The smallest absolute Gasteiger partial charge is 0.282 e. The lowest BCUT2D eigenvalue weighted by Crippen LogP contribution is -2.29. The largest absolute Gasteiger partial charge is 0.381 e. The van der Waals surface area contributed by atoms with Crippen LogP contribution in [0.1, 0.15) is 41.9 Å². The van der Waals surface area contributed by atoms with Crippen molar-refractivity contribution in [3.8, 4) is 0 Å². The summed E-state index contributed by atoms with van der Waals surface area (Å²) in [5.41, 5.74) is -0.224. The van der Waals surface area contributed by atoms with Gasteiger partial charge in [0.25, 0.3) is 12.3 Å². The van der Waals surface area contributed by atoms with Gasteiger partial charge in [0.1, 0.15) is 11.4 Å². The second-order valence-corrected chi connectivity index (χ2v) is 5.01. The zero-order valence-electron chi connectivity index (χ0n) is 11.4. The second kappa shape index (κ2) is 6.78. The molecule has 1 atom stereocenters. The fourth-order valence-electron chi connectivity index (χ4n) is 2.32. The fourth-order valence-corrected chi connectivity index (χ4v) is 2.32. The Bertz CT molecular complexity index is 456. The quantitative estimate of drug-likeness (QED) is 0.900. The van der Waals surface area contributed by atoms with Gasteiger partial charge in [-0.2, -0.15) is 5.10 Å².